The van der Waals surface area contributed by atoms with Crippen LogP contribution in [0, 0.1) is 5.92 Å². The molecule has 2 N–H and O–H groups in total. The molecule has 1 unspecified atom stereocenters. The maximum absolute atomic E-state index is 10.2. The van der Waals surface area contributed by atoms with Crippen molar-refractivity contribution in [2.45, 2.75) is 19.8 Å². The molecule has 0 aliphatic rings. The van der Waals surface area contributed by atoms with Gasteiger partial charge in [-0.2, -0.15) is 0 Å². The number of aliphatic hydroxyl groups is 1. The van der Waals surface area contributed by atoms with Gasteiger partial charge in [0.25, 0.3) is 0 Å². The van der Waals surface area contributed by atoms with Crippen LogP contribution in [-0.4, -0.2) is 22.8 Å². The molecule has 0 saturated carbocycles. The number of aliphatic carboxylic acids is 1. The SMILES string of the molecule is C=C(CCC(C)CO)C(=O)O. The summed E-state index contributed by atoms with van der Waals surface area (Å²) in [5.74, 6) is -0.791. The minimum absolute atomic E-state index is 0.104. The first-order valence-corrected chi connectivity index (χ1v) is 3.59. The molecule has 0 amide bonds. The third-order valence-corrected chi connectivity index (χ3v) is 1.55. The van der Waals surface area contributed by atoms with E-state index in [1.165, 1.54) is 0 Å². The van der Waals surface area contributed by atoms with Crippen molar-refractivity contribution >= 4 is 5.97 Å². The molecule has 0 bridgehead atoms. The van der Waals surface area contributed by atoms with Gasteiger partial charge in [0.15, 0.2) is 0 Å². The van der Waals surface area contributed by atoms with Gasteiger partial charge in [-0.3, -0.25) is 0 Å². The van der Waals surface area contributed by atoms with E-state index in [9.17, 15) is 4.79 Å². The summed E-state index contributed by atoms with van der Waals surface area (Å²) in [7, 11) is 0. The van der Waals surface area contributed by atoms with Crippen LogP contribution in [-0.2, 0) is 4.79 Å². The van der Waals surface area contributed by atoms with Gasteiger partial charge in [0.05, 0.1) is 0 Å². The summed E-state index contributed by atoms with van der Waals surface area (Å²) in [6.45, 7) is 5.35. The van der Waals surface area contributed by atoms with Crippen LogP contribution in [0.2, 0.25) is 0 Å². The molecular weight excluding hydrogens is 144 g/mol. The second kappa shape index (κ2) is 4.91. The molecule has 0 saturated heterocycles. The van der Waals surface area contributed by atoms with Crippen molar-refractivity contribution in [1.29, 1.82) is 0 Å². The van der Waals surface area contributed by atoms with Crippen LogP contribution in [0.15, 0.2) is 12.2 Å². The highest BCUT2D eigenvalue weighted by Crippen LogP contribution is 2.09. The number of hydrogen-bond acceptors (Lipinski definition) is 2. The van der Waals surface area contributed by atoms with Crippen LogP contribution < -0.4 is 0 Å². The predicted octanol–water partition coefficient (Wildman–Crippen LogP) is 1.04. The molecule has 11 heavy (non-hydrogen) atoms. The van der Waals surface area contributed by atoms with Crippen LogP contribution in [0.3, 0.4) is 0 Å². The number of carbonyl (C=O) groups is 1. The topological polar surface area (TPSA) is 57.5 Å². The fraction of sp³-hybridized carbons (Fsp3) is 0.625. The first-order chi connectivity index (χ1) is 5.07. The normalized spacial score (nSPS) is 12.5. The van der Waals surface area contributed by atoms with Crippen molar-refractivity contribution in [2.24, 2.45) is 5.92 Å². The van der Waals surface area contributed by atoms with Gasteiger partial charge >= 0.3 is 5.97 Å². The summed E-state index contributed by atoms with van der Waals surface area (Å²) in [5, 5.41) is 17.0. The summed E-state index contributed by atoms with van der Waals surface area (Å²) in [5.41, 5.74) is 0.213. The lowest BCUT2D eigenvalue weighted by molar-refractivity contribution is -0.132. The van der Waals surface area contributed by atoms with Gasteiger partial charge in [0.1, 0.15) is 0 Å². The summed E-state index contributed by atoms with van der Waals surface area (Å²) < 4.78 is 0. The smallest absolute Gasteiger partial charge is 0.330 e. The Kier molecular flexibility index (Phi) is 4.54. The van der Waals surface area contributed by atoms with Crippen LogP contribution in [0.4, 0.5) is 0 Å². The molecule has 0 heterocycles. The summed E-state index contributed by atoms with van der Waals surface area (Å²) in [4.78, 5) is 10.2. The molecule has 0 radical (unpaired) electrons. The molecule has 0 spiro atoms. The standard InChI is InChI=1S/C8H14O3/c1-6(5-9)3-4-7(2)8(10)11/h6,9H,2-5H2,1H3,(H,10,11). The first kappa shape index (κ1) is 10.2. The van der Waals surface area contributed by atoms with Gasteiger partial charge in [0, 0.05) is 12.2 Å². The first-order valence-electron chi connectivity index (χ1n) is 3.59. The second-order valence-corrected chi connectivity index (χ2v) is 2.74. The van der Waals surface area contributed by atoms with E-state index in [0.717, 1.165) is 0 Å². The van der Waals surface area contributed by atoms with Gasteiger partial charge in [-0.05, 0) is 18.8 Å². The van der Waals surface area contributed by atoms with Crippen molar-refractivity contribution in [1.82, 2.24) is 0 Å². The molecule has 0 aliphatic heterocycles. The van der Waals surface area contributed by atoms with E-state index in [1.54, 1.807) is 0 Å². The quantitative estimate of drug-likeness (QED) is 0.588. The Labute approximate surface area is 66.4 Å². The van der Waals surface area contributed by atoms with Gasteiger partial charge in [-0.25, -0.2) is 4.79 Å². The van der Waals surface area contributed by atoms with E-state index >= 15 is 0 Å². The van der Waals surface area contributed by atoms with Crippen LogP contribution in [0.25, 0.3) is 0 Å². The van der Waals surface area contributed by atoms with Crippen LogP contribution >= 0.6 is 0 Å². The zero-order valence-electron chi connectivity index (χ0n) is 6.71. The average molecular weight is 158 g/mol. The van der Waals surface area contributed by atoms with E-state index in [0.29, 0.717) is 12.8 Å². The molecule has 1 atom stereocenters. The van der Waals surface area contributed by atoms with E-state index in [-0.39, 0.29) is 18.1 Å². The maximum Gasteiger partial charge on any atom is 0.330 e. The van der Waals surface area contributed by atoms with Crippen LogP contribution in [0.5, 0.6) is 0 Å². The Balaban J connectivity index is 3.54. The van der Waals surface area contributed by atoms with Crippen molar-refractivity contribution < 1.29 is 15.0 Å². The maximum atomic E-state index is 10.2. The monoisotopic (exact) mass is 158 g/mol. The fourth-order valence-corrected chi connectivity index (χ4v) is 0.619. The van der Waals surface area contributed by atoms with E-state index in [2.05, 4.69) is 6.58 Å². The molecule has 0 rings (SSSR count). The van der Waals surface area contributed by atoms with E-state index < -0.39 is 5.97 Å². The van der Waals surface area contributed by atoms with E-state index in [1.807, 2.05) is 6.92 Å². The predicted molar refractivity (Wildman–Crippen MR) is 42.3 cm³/mol. The van der Waals surface area contributed by atoms with Gasteiger partial charge < -0.3 is 10.2 Å². The average Bonchev–Trinajstić information content (AvgIpc) is 1.99. The fourth-order valence-electron chi connectivity index (χ4n) is 0.619. The summed E-state index contributed by atoms with van der Waals surface area (Å²) in [6, 6.07) is 0. The highest BCUT2D eigenvalue weighted by molar-refractivity contribution is 5.85. The Hall–Kier alpha value is -0.830. The molecule has 0 fully saturated rings. The summed E-state index contributed by atoms with van der Waals surface area (Å²) >= 11 is 0. The number of hydrogen-bond donors (Lipinski definition) is 2. The van der Waals surface area contributed by atoms with Crippen molar-refractivity contribution in [2.75, 3.05) is 6.61 Å². The number of rotatable bonds is 5. The lowest BCUT2D eigenvalue weighted by Crippen LogP contribution is -2.04. The third-order valence-electron chi connectivity index (χ3n) is 1.55. The molecule has 64 valence electrons. The molecule has 0 aromatic rings. The Morgan fingerprint density at radius 1 is 1.64 bits per heavy atom. The van der Waals surface area contributed by atoms with Crippen LogP contribution in [0.1, 0.15) is 19.8 Å². The molecule has 0 aliphatic carbocycles. The second-order valence-electron chi connectivity index (χ2n) is 2.74. The zero-order valence-corrected chi connectivity index (χ0v) is 6.71. The molecule has 0 aromatic heterocycles. The molecule has 0 aromatic carbocycles. The lowest BCUT2D eigenvalue weighted by Gasteiger charge is -2.05. The minimum Gasteiger partial charge on any atom is -0.478 e. The Morgan fingerprint density at radius 2 is 2.18 bits per heavy atom. The van der Waals surface area contributed by atoms with Gasteiger partial charge in [0.2, 0.25) is 0 Å². The van der Waals surface area contributed by atoms with Crippen molar-refractivity contribution in [3.05, 3.63) is 12.2 Å². The van der Waals surface area contributed by atoms with Gasteiger partial charge in [-0.1, -0.05) is 13.5 Å². The van der Waals surface area contributed by atoms with Crippen molar-refractivity contribution in [3.63, 3.8) is 0 Å². The molecule has 3 nitrogen and oxygen atoms in total. The number of aliphatic hydroxyl groups excluding tert-OH is 1. The minimum atomic E-state index is -0.949. The molecule has 3 heteroatoms. The van der Waals surface area contributed by atoms with Crippen molar-refractivity contribution in [3.8, 4) is 0 Å². The zero-order chi connectivity index (χ0) is 8.85. The Morgan fingerprint density at radius 3 is 2.55 bits per heavy atom. The lowest BCUT2D eigenvalue weighted by atomic mass is 10.0. The van der Waals surface area contributed by atoms with Gasteiger partial charge in [-0.15, -0.1) is 0 Å². The largest absolute Gasteiger partial charge is 0.478 e. The summed E-state index contributed by atoms with van der Waals surface area (Å²) in [6.07, 6.45) is 1.14. The Bertz CT molecular complexity index is 151. The highest BCUT2D eigenvalue weighted by Gasteiger charge is 2.06. The number of carboxylic acid groups (broad SMARTS) is 1. The highest BCUT2D eigenvalue weighted by atomic mass is 16.4. The number of carboxylic acids is 1. The van der Waals surface area contributed by atoms with E-state index in [4.69, 9.17) is 10.2 Å². The molecular formula is C8H14O3. The third kappa shape index (κ3) is 4.56.